The van der Waals surface area contributed by atoms with Gasteiger partial charge in [0.05, 0.1) is 0 Å². The summed E-state index contributed by atoms with van der Waals surface area (Å²) in [6.07, 6.45) is 7.16. The predicted molar refractivity (Wildman–Crippen MR) is 61.6 cm³/mol. The van der Waals surface area contributed by atoms with E-state index in [2.05, 4.69) is 0 Å². The molecular weight excluding hydrogens is 202 g/mol. The van der Waals surface area contributed by atoms with Crippen LogP contribution in [0.15, 0.2) is 0 Å². The highest BCUT2D eigenvalue weighted by atomic mass is 16.3. The van der Waals surface area contributed by atoms with E-state index in [0.717, 1.165) is 35.8 Å². The summed E-state index contributed by atoms with van der Waals surface area (Å²) in [5, 5.41) is 19.9. The Morgan fingerprint density at radius 2 is 1.38 bits per heavy atom. The highest BCUT2D eigenvalue weighted by Crippen LogP contribution is 2.46. The standard InChI is InChI=1S/C13H19NO2/c1-14-12(15)10-6-8-4-2-3-5-9(8)7-11(10)13(14)16/h8-9,15-16H,2-7H2,1H3. The van der Waals surface area contributed by atoms with Crippen LogP contribution in [0.25, 0.3) is 0 Å². The van der Waals surface area contributed by atoms with Crippen LogP contribution in [-0.4, -0.2) is 14.8 Å². The Morgan fingerprint density at radius 3 is 1.81 bits per heavy atom. The van der Waals surface area contributed by atoms with Crippen LogP contribution in [0.3, 0.4) is 0 Å². The number of aromatic nitrogens is 1. The van der Waals surface area contributed by atoms with Gasteiger partial charge >= 0.3 is 0 Å². The molecule has 1 heterocycles. The van der Waals surface area contributed by atoms with Crippen molar-refractivity contribution < 1.29 is 10.2 Å². The van der Waals surface area contributed by atoms with Gasteiger partial charge in [-0.25, -0.2) is 0 Å². The summed E-state index contributed by atoms with van der Waals surface area (Å²) in [5.74, 6) is 2.01. The zero-order valence-electron chi connectivity index (χ0n) is 9.74. The molecular formula is C13H19NO2. The Bertz CT molecular complexity index is 385. The van der Waals surface area contributed by atoms with Crippen molar-refractivity contribution in [2.75, 3.05) is 0 Å². The van der Waals surface area contributed by atoms with E-state index in [1.54, 1.807) is 7.05 Å². The lowest BCUT2D eigenvalue weighted by atomic mass is 9.69. The van der Waals surface area contributed by atoms with E-state index in [1.165, 1.54) is 30.3 Å². The number of fused-ring (bicyclic) bond motifs is 2. The summed E-state index contributed by atoms with van der Waals surface area (Å²) in [6, 6.07) is 0. The minimum atomic E-state index is 0.275. The van der Waals surface area contributed by atoms with Crippen LogP contribution in [0.2, 0.25) is 0 Å². The molecule has 1 aromatic rings. The van der Waals surface area contributed by atoms with Crippen LogP contribution >= 0.6 is 0 Å². The number of aromatic hydroxyl groups is 2. The maximum absolute atomic E-state index is 9.96. The van der Waals surface area contributed by atoms with Gasteiger partial charge in [-0.2, -0.15) is 0 Å². The van der Waals surface area contributed by atoms with E-state index in [1.807, 2.05) is 0 Å². The summed E-state index contributed by atoms with van der Waals surface area (Å²) < 4.78 is 1.52. The molecule has 3 heteroatoms. The van der Waals surface area contributed by atoms with Crippen LogP contribution in [0.4, 0.5) is 0 Å². The Morgan fingerprint density at radius 1 is 0.938 bits per heavy atom. The maximum Gasteiger partial charge on any atom is 0.197 e. The normalized spacial score (nSPS) is 28.6. The molecule has 0 saturated heterocycles. The highest BCUT2D eigenvalue weighted by Gasteiger charge is 2.35. The zero-order valence-corrected chi connectivity index (χ0v) is 9.74. The number of nitrogens with zero attached hydrogens (tertiary/aromatic N) is 1. The van der Waals surface area contributed by atoms with E-state index in [-0.39, 0.29) is 11.8 Å². The van der Waals surface area contributed by atoms with Gasteiger partial charge in [0, 0.05) is 18.2 Å². The average Bonchev–Trinajstić information content (AvgIpc) is 2.52. The van der Waals surface area contributed by atoms with Crippen LogP contribution in [0.1, 0.15) is 36.8 Å². The van der Waals surface area contributed by atoms with Gasteiger partial charge in [0.25, 0.3) is 0 Å². The monoisotopic (exact) mass is 221 g/mol. The summed E-state index contributed by atoms with van der Waals surface area (Å²) in [6.45, 7) is 0. The lowest BCUT2D eigenvalue weighted by Crippen LogP contribution is -2.27. The second-order valence-electron chi connectivity index (χ2n) is 5.38. The van der Waals surface area contributed by atoms with Gasteiger partial charge in [0.2, 0.25) is 0 Å². The summed E-state index contributed by atoms with van der Waals surface area (Å²) in [5.41, 5.74) is 2.01. The van der Waals surface area contributed by atoms with Crippen molar-refractivity contribution >= 4 is 0 Å². The topological polar surface area (TPSA) is 45.4 Å². The number of hydrogen-bond donors (Lipinski definition) is 2. The fourth-order valence-electron chi connectivity index (χ4n) is 3.55. The van der Waals surface area contributed by atoms with Gasteiger partial charge in [-0.3, -0.25) is 4.57 Å². The molecule has 0 aliphatic heterocycles. The van der Waals surface area contributed by atoms with Crippen molar-refractivity contribution in [1.29, 1.82) is 0 Å². The summed E-state index contributed by atoms with van der Waals surface area (Å²) in [7, 11) is 1.73. The molecule has 0 radical (unpaired) electrons. The molecule has 3 rings (SSSR count). The van der Waals surface area contributed by atoms with E-state index in [0.29, 0.717) is 0 Å². The Labute approximate surface area is 95.7 Å². The molecule has 1 saturated carbocycles. The molecule has 88 valence electrons. The van der Waals surface area contributed by atoms with Crippen molar-refractivity contribution in [3.8, 4) is 11.8 Å². The molecule has 3 nitrogen and oxygen atoms in total. The molecule has 0 bridgehead atoms. The van der Waals surface area contributed by atoms with Crippen molar-refractivity contribution in [2.24, 2.45) is 18.9 Å². The second kappa shape index (κ2) is 3.44. The SMILES string of the molecule is Cn1c(O)c2c(c1O)CC1CCCCC1C2. The van der Waals surface area contributed by atoms with E-state index >= 15 is 0 Å². The van der Waals surface area contributed by atoms with Gasteiger partial charge < -0.3 is 10.2 Å². The van der Waals surface area contributed by atoms with Gasteiger partial charge in [0.15, 0.2) is 11.8 Å². The van der Waals surface area contributed by atoms with E-state index in [4.69, 9.17) is 0 Å². The first-order valence-electron chi connectivity index (χ1n) is 6.27. The molecule has 16 heavy (non-hydrogen) atoms. The molecule has 2 aliphatic carbocycles. The number of hydrogen-bond acceptors (Lipinski definition) is 2. The summed E-state index contributed by atoms with van der Waals surface area (Å²) >= 11 is 0. The smallest absolute Gasteiger partial charge is 0.197 e. The van der Waals surface area contributed by atoms with Gasteiger partial charge in [-0.05, 0) is 37.5 Å². The lowest BCUT2D eigenvalue weighted by molar-refractivity contribution is 0.218. The van der Waals surface area contributed by atoms with Crippen LogP contribution in [0.5, 0.6) is 11.8 Å². The largest absolute Gasteiger partial charge is 0.494 e. The van der Waals surface area contributed by atoms with E-state index < -0.39 is 0 Å². The molecule has 2 atom stereocenters. The fourth-order valence-corrected chi connectivity index (χ4v) is 3.55. The van der Waals surface area contributed by atoms with Crippen molar-refractivity contribution in [3.05, 3.63) is 11.1 Å². The second-order valence-corrected chi connectivity index (χ2v) is 5.38. The minimum Gasteiger partial charge on any atom is -0.494 e. The van der Waals surface area contributed by atoms with Crippen molar-refractivity contribution in [3.63, 3.8) is 0 Å². The molecule has 2 aliphatic rings. The lowest BCUT2D eigenvalue weighted by Gasteiger charge is -2.35. The first-order valence-corrected chi connectivity index (χ1v) is 6.27. The van der Waals surface area contributed by atoms with Crippen LogP contribution in [-0.2, 0) is 19.9 Å². The molecule has 1 fully saturated rings. The van der Waals surface area contributed by atoms with Crippen molar-refractivity contribution in [2.45, 2.75) is 38.5 Å². The fraction of sp³-hybridized carbons (Fsp3) is 0.692. The third-order valence-electron chi connectivity index (χ3n) is 4.54. The van der Waals surface area contributed by atoms with Crippen LogP contribution < -0.4 is 0 Å². The van der Waals surface area contributed by atoms with Gasteiger partial charge in [0.1, 0.15) is 0 Å². The molecule has 1 aromatic heterocycles. The quantitative estimate of drug-likeness (QED) is 0.706. The van der Waals surface area contributed by atoms with Gasteiger partial charge in [-0.15, -0.1) is 0 Å². The first kappa shape index (κ1) is 10.1. The molecule has 0 spiro atoms. The minimum absolute atomic E-state index is 0.275. The Hall–Kier alpha value is -1.12. The molecule has 0 amide bonds. The average molecular weight is 221 g/mol. The van der Waals surface area contributed by atoms with Gasteiger partial charge in [-0.1, -0.05) is 12.8 Å². The highest BCUT2D eigenvalue weighted by molar-refractivity contribution is 5.47. The first-order chi connectivity index (χ1) is 7.68. The third kappa shape index (κ3) is 1.27. The Kier molecular flexibility index (Phi) is 2.16. The molecule has 2 unspecified atom stereocenters. The maximum atomic E-state index is 9.96. The zero-order chi connectivity index (χ0) is 11.3. The number of rotatable bonds is 0. The van der Waals surface area contributed by atoms with Crippen LogP contribution in [0, 0.1) is 11.8 Å². The molecule has 0 aromatic carbocycles. The molecule has 2 N–H and O–H groups in total. The third-order valence-corrected chi connectivity index (χ3v) is 4.54. The predicted octanol–water partition coefficient (Wildman–Crippen LogP) is 2.34. The van der Waals surface area contributed by atoms with Crippen molar-refractivity contribution in [1.82, 2.24) is 4.57 Å². The Balaban J connectivity index is 2.01. The summed E-state index contributed by atoms with van der Waals surface area (Å²) in [4.78, 5) is 0. The van der Waals surface area contributed by atoms with E-state index in [9.17, 15) is 10.2 Å².